The van der Waals surface area contributed by atoms with Gasteiger partial charge in [-0.3, -0.25) is 24.1 Å². The van der Waals surface area contributed by atoms with E-state index in [1.807, 2.05) is 0 Å². The molecule has 0 aromatic carbocycles. The Bertz CT molecular complexity index is 688. The van der Waals surface area contributed by atoms with E-state index in [0.717, 1.165) is 0 Å². The van der Waals surface area contributed by atoms with E-state index in [9.17, 15) is 28.8 Å². The number of rotatable bonds is 5. The quantitative estimate of drug-likeness (QED) is 0.376. The van der Waals surface area contributed by atoms with Gasteiger partial charge >= 0.3 is 5.97 Å². The highest BCUT2D eigenvalue weighted by Gasteiger charge is 2.42. The Morgan fingerprint density at radius 1 is 1.08 bits per heavy atom. The molecule has 0 N–H and O–H groups in total. The number of imide groups is 2. The van der Waals surface area contributed by atoms with Crippen molar-refractivity contribution in [2.75, 3.05) is 6.54 Å². The van der Waals surface area contributed by atoms with E-state index in [1.54, 1.807) is 0 Å². The molecular weight excluding hydrogens is 344 g/mol. The van der Waals surface area contributed by atoms with Crippen LogP contribution in [0.25, 0.3) is 0 Å². The number of hydrogen-bond acceptors (Lipinski definition) is 7. The third-order valence-electron chi connectivity index (χ3n) is 5.01. The number of carbonyl (C=O) groups is 6. The zero-order valence-electron chi connectivity index (χ0n) is 14.0. The molecule has 138 valence electrons. The van der Waals surface area contributed by atoms with Crippen LogP contribution in [-0.4, -0.2) is 52.4 Å². The number of hydroxylamine groups is 2. The molecule has 0 spiro atoms. The van der Waals surface area contributed by atoms with Crippen LogP contribution in [0, 0.1) is 17.8 Å². The molecule has 0 bridgehead atoms. The van der Waals surface area contributed by atoms with Crippen LogP contribution in [-0.2, 0) is 33.6 Å². The van der Waals surface area contributed by atoms with Gasteiger partial charge in [0.05, 0.1) is 5.92 Å². The van der Waals surface area contributed by atoms with Crippen molar-refractivity contribution in [1.29, 1.82) is 0 Å². The molecule has 9 heteroatoms. The highest BCUT2D eigenvalue weighted by Crippen LogP contribution is 2.31. The molecule has 0 radical (unpaired) electrons. The predicted molar refractivity (Wildman–Crippen MR) is 83.4 cm³/mol. The van der Waals surface area contributed by atoms with Crippen LogP contribution in [0.4, 0.5) is 0 Å². The van der Waals surface area contributed by atoms with Crippen molar-refractivity contribution in [3.63, 3.8) is 0 Å². The number of nitrogens with zero attached hydrogens (tertiary/aromatic N) is 2. The van der Waals surface area contributed by atoms with E-state index in [2.05, 4.69) is 0 Å². The van der Waals surface area contributed by atoms with E-state index < -0.39 is 29.6 Å². The minimum Gasteiger partial charge on any atom is -0.330 e. The smallest absolute Gasteiger partial charge is 0.330 e. The summed E-state index contributed by atoms with van der Waals surface area (Å²) >= 11 is 0. The lowest BCUT2D eigenvalue weighted by Gasteiger charge is -2.29. The number of aldehydes is 1. The molecule has 1 aliphatic carbocycles. The first-order chi connectivity index (χ1) is 12.4. The zero-order valence-corrected chi connectivity index (χ0v) is 14.0. The van der Waals surface area contributed by atoms with Crippen LogP contribution < -0.4 is 0 Å². The van der Waals surface area contributed by atoms with Crippen molar-refractivity contribution in [3.05, 3.63) is 12.2 Å². The van der Waals surface area contributed by atoms with E-state index >= 15 is 0 Å². The molecule has 4 amide bonds. The second-order valence-electron chi connectivity index (χ2n) is 6.72. The Morgan fingerprint density at radius 2 is 1.69 bits per heavy atom. The Balaban J connectivity index is 1.49. The number of amides is 4. The fraction of sp³-hybridized carbons (Fsp3) is 0.529. The van der Waals surface area contributed by atoms with Crippen LogP contribution in [0.5, 0.6) is 0 Å². The lowest BCUT2D eigenvalue weighted by Crippen LogP contribution is -2.39. The SMILES string of the molecule is O=CC1CC(=O)N(OC(=O)C2CCC(CN3C(=O)C=CC3=O)CC2)C1=O. The van der Waals surface area contributed by atoms with Crippen molar-refractivity contribution in [3.8, 4) is 0 Å². The maximum Gasteiger partial charge on any atom is 0.336 e. The summed E-state index contributed by atoms with van der Waals surface area (Å²) in [4.78, 5) is 75.7. The zero-order chi connectivity index (χ0) is 18.8. The summed E-state index contributed by atoms with van der Waals surface area (Å²) in [6.45, 7) is 0.316. The van der Waals surface area contributed by atoms with Crippen LogP contribution >= 0.6 is 0 Å². The largest absolute Gasteiger partial charge is 0.336 e. The fourth-order valence-electron chi connectivity index (χ4n) is 3.45. The average molecular weight is 362 g/mol. The van der Waals surface area contributed by atoms with Crippen molar-refractivity contribution in [2.24, 2.45) is 17.8 Å². The second kappa shape index (κ2) is 7.19. The molecule has 3 rings (SSSR count). The normalized spacial score (nSPS) is 28.8. The summed E-state index contributed by atoms with van der Waals surface area (Å²) < 4.78 is 0. The molecule has 1 saturated heterocycles. The molecule has 26 heavy (non-hydrogen) atoms. The first-order valence-electron chi connectivity index (χ1n) is 8.48. The van der Waals surface area contributed by atoms with Gasteiger partial charge in [0.15, 0.2) is 0 Å². The van der Waals surface area contributed by atoms with Crippen molar-refractivity contribution in [1.82, 2.24) is 9.96 Å². The first-order valence-corrected chi connectivity index (χ1v) is 8.48. The highest BCUT2D eigenvalue weighted by atomic mass is 16.7. The molecule has 1 atom stereocenters. The highest BCUT2D eigenvalue weighted by molar-refractivity contribution is 6.12. The van der Waals surface area contributed by atoms with E-state index in [4.69, 9.17) is 4.84 Å². The predicted octanol–water partition coefficient (Wildman–Crippen LogP) is -0.250. The molecule has 3 aliphatic rings. The molecule has 2 fully saturated rings. The van der Waals surface area contributed by atoms with Crippen LogP contribution in [0.1, 0.15) is 32.1 Å². The minimum absolute atomic E-state index is 0.0985. The monoisotopic (exact) mass is 362 g/mol. The third kappa shape index (κ3) is 3.42. The summed E-state index contributed by atoms with van der Waals surface area (Å²) in [5.74, 6) is -4.30. The van der Waals surface area contributed by atoms with E-state index in [0.29, 0.717) is 43.6 Å². The Kier molecular flexibility index (Phi) is 4.97. The van der Waals surface area contributed by atoms with Gasteiger partial charge in [-0.25, -0.2) is 4.79 Å². The topological polar surface area (TPSA) is 118 Å². The van der Waals surface area contributed by atoms with Gasteiger partial charge in [-0.05, 0) is 31.6 Å². The van der Waals surface area contributed by atoms with Crippen LogP contribution in [0.3, 0.4) is 0 Å². The number of hydrogen-bond donors (Lipinski definition) is 0. The molecular formula is C17H18N2O7. The van der Waals surface area contributed by atoms with Gasteiger partial charge in [0, 0.05) is 25.1 Å². The van der Waals surface area contributed by atoms with Crippen molar-refractivity contribution in [2.45, 2.75) is 32.1 Å². The summed E-state index contributed by atoms with van der Waals surface area (Å²) in [7, 11) is 0. The van der Waals surface area contributed by atoms with Crippen LogP contribution in [0.15, 0.2) is 12.2 Å². The summed E-state index contributed by atoms with van der Waals surface area (Å²) in [5, 5.41) is 0.390. The Labute approximate surface area is 148 Å². The summed E-state index contributed by atoms with van der Waals surface area (Å²) in [6, 6.07) is 0. The Hall–Kier alpha value is -2.84. The van der Waals surface area contributed by atoms with Crippen LogP contribution in [0.2, 0.25) is 0 Å². The molecule has 1 saturated carbocycles. The van der Waals surface area contributed by atoms with Gasteiger partial charge in [-0.2, -0.15) is 0 Å². The second-order valence-corrected chi connectivity index (χ2v) is 6.72. The molecule has 2 aliphatic heterocycles. The molecule has 0 aromatic heterocycles. The fourth-order valence-corrected chi connectivity index (χ4v) is 3.45. The standard InChI is InChI=1S/C17H18N2O7/c20-9-12-7-15(23)19(16(12)24)26-17(25)11-3-1-10(2-4-11)8-18-13(21)5-6-14(18)22/h5-6,9-12H,1-4,7-8H2. The van der Waals surface area contributed by atoms with Gasteiger partial charge < -0.3 is 9.63 Å². The maximum atomic E-state index is 12.2. The van der Waals surface area contributed by atoms with Gasteiger partial charge in [-0.15, -0.1) is 5.06 Å². The summed E-state index contributed by atoms with van der Waals surface area (Å²) in [5.41, 5.74) is 0. The maximum absolute atomic E-state index is 12.2. The van der Waals surface area contributed by atoms with Gasteiger partial charge in [0.2, 0.25) is 0 Å². The molecule has 2 heterocycles. The minimum atomic E-state index is -1.09. The average Bonchev–Trinajstić information content (AvgIpc) is 3.09. The first kappa shape index (κ1) is 18.0. The Morgan fingerprint density at radius 3 is 2.23 bits per heavy atom. The molecule has 0 aromatic rings. The summed E-state index contributed by atoms with van der Waals surface area (Å²) in [6.07, 6.45) is 4.75. The van der Waals surface area contributed by atoms with Gasteiger partial charge in [0.1, 0.15) is 12.2 Å². The van der Waals surface area contributed by atoms with E-state index in [-0.39, 0.29) is 24.2 Å². The number of carbonyl (C=O) groups excluding carboxylic acids is 6. The lowest BCUT2D eigenvalue weighted by atomic mass is 9.82. The molecule has 9 nitrogen and oxygen atoms in total. The molecule has 1 unspecified atom stereocenters. The van der Waals surface area contributed by atoms with E-state index in [1.165, 1.54) is 17.1 Å². The van der Waals surface area contributed by atoms with Crippen molar-refractivity contribution >= 4 is 35.9 Å². The van der Waals surface area contributed by atoms with Gasteiger partial charge in [0.25, 0.3) is 23.6 Å². The lowest BCUT2D eigenvalue weighted by molar-refractivity contribution is -0.202. The third-order valence-corrected chi connectivity index (χ3v) is 5.01. The van der Waals surface area contributed by atoms with Crippen molar-refractivity contribution < 1.29 is 33.6 Å². The van der Waals surface area contributed by atoms with Gasteiger partial charge in [-0.1, -0.05) is 0 Å².